The van der Waals surface area contributed by atoms with Gasteiger partial charge in [-0.15, -0.1) is 0 Å². The van der Waals surface area contributed by atoms with E-state index in [2.05, 4.69) is 5.32 Å². The summed E-state index contributed by atoms with van der Waals surface area (Å²) in [6.07, 6.45) is 2.70. The molecule has 19 heavy (non-hydrogen) atoms. The van der Waals surface area contributed by atoms with E-state index in [-0.39, 0.29) is 11.6 Å². The minimum absolute atomic E-state index is 0.122. The van der Waals surface area contributed by atoms with Crippen LogP contribution in [0.1, 0.15) is 23.7 Å². The van der Waals surface area contributed by atoms with E-state index in [4.69, 9.17) is 0 Å². The molecule has 0 heterocycles. The van der Waals surface area contributed by atoms with Crippen LogP contribution < -0.4 is 5.32 Å². The highest BCUT2D eigenvalue weighted by molar-refractivity contribution is 7.98. The third-order valence-electron chi connectivity index (χ3n) is 2.53. The van der Waals surface area contributed by atoms with Gasteiger partial charge in [-0.05, 0) is 37.5 Å². The standard InChI is InChI=1S/C12H15FN2O3S/c1-8(5-6-19-2)14-12(16)10-7-9(13)3-4-11(10)15(17)18/h3-4,7-8H,5-6H2,1-2H3,(H,14,16). The Kier molecular flexibility index (Phi) is 5.75. The number of nitro groups is 1. The molecule has 0 aliphatic heterocycles. The third-order valence-corrected chi connectivity index (χ3v) is 3.18. The molecular formula is C12H15FN2O3S. The van der Waals surface area contributed by atoms with E-state index in [1.165, 1.54) is 0 Å². The normalized spacial score (nSPS) is 11.9. The van der Waals surface area contributed by atoms with Crippen molar-refractivity contribution in [2.24, 2.45) is 0 Å². The molecule has 0 aromatic heterocycles. The number of nitro benzene ring substituents is 1. The van der Waals surface area contributed by atoms with Crippen LogP contribution in [0.25, 0.3) is 0 Å². The van der Waals surface area contributed by atoms with Gasteiger partial charge >= 0.3 is 0 Å². The number of carbonyl (C=O) groups is 1. The Morgan fingerprint density at radius 1 is 1.58 bits per heavy atom. The highest BCUT2D eigenvalue weighted by atomic mass is 32.2. The molecule has 5 nitrogen and oxygen atoms in total. The summed E-state index contributed by atoms with van der Waals surface area (Å²) >= 11 is 1.64. The second-order valence-electron chi connectivity index (χ2n) is 4.07. The molecule has 0 aliphatic rings. The molecule has 1 N–H and O–H groups in total. The quantitative estimate of drug-likeness (QED) is 0.644. The molecule has 104 valence electrons. The second-order valence-corrected chi connectivity index (χ2v) is 5.06. The number of halogens is 1. The van der Waals surface area contributed by atoms with E-state index >= 15 is 0 Å². The molecule has 1 aromatic carbocycles. The molecule has 0 saturated heterocycles. The number of nitrogens with zero attached hydrogens (tertiary/aromatic N) is 1. The van der Waals surface area contributed by atoms with Crippen molar-refractivity contribution >= 4 is 23.4 Å². The van der Waals surface area contributed by atoms with Crippen LogP contribution in [-0.2, 0) is 0 Å². The van der Waals surface area contributed by atoms with Gasteiger partial charge in [0.25, 0.3) is 11.6 Å². The van der Waals surface area contributed by atoms with Gasteiger partial charge < -0.3 is 5.32 Å². The van der Waals surface area contributed by atoms with Gasteiger partial charge in [0, 0.05) is 12.1 Å². The predicted octanol–water partition coefficient (Wildman–Crippen LogP) is 2.61. The largest absolute Gasteiger partial charge is 0.349 e. The first-order valence-electron chi connectivity index (χ1n) is 5.69. The Hall–Kier alpha value is -1.63. The van der Waals surface area contributed by atoms with E-state index in [1.807, 2.05) is 6.26 Å². The minimum atomic E-state index is -0.694. The zero-order valence-electron chi connectivity index (χ0n) is 10.7. The maximum Gasteiger partial charge on any atom is 0.282 e. The Balaban J connectivity index is 2.86. The molecule has 1 unspecified atom stereocenters. The number of amides is 1. The fraction of sp³-hybridized carbons (Fsp3) is 0.417. The molecule has 0 fully saturated rings. The van der Waals surface area contributed by atoms with Crippen LogP contribution in [0, 0.1) is 15.9 Å². The minimum Gasteiger partial charge on any atom is -0.349 e. The average Bonchev–Trinajstić information content (AvgIpc) is 2.35. The molecule has 1 aromatic rings. The summed E-state index contributed by atoms with van der Waals surface area (Å²) in [6, 6.07) is 2.72. The lowest BCUT2D eigenvalue weighted by Crippen LogP contribution is -2.33. The SMILES string of the molecule is CSCCC(C)NC(=O)c1cc(F)ccc1[N+](=O)[O-]. The van der Waals surface area contributed by atoms with Gasteiger partial charge in [0.1, 0.15) is 11.4 Å². The first kappa shape index (κ1) is 15.4. The third kappa shape index (κ3) is 4.51. The number of carbonyl (C=O) groups excluding carboxylic acids is 1. The molecule has 1 rings (SSSR count). The highest BCUT2D eigenvalue weighted by Crippen LogP contribution is 2.19. The monoisotopic (exact) mass is 286 g/mol. The van der Waals surface area contributed by atoms with E-state index in [9.17, 15) is 19.3 Å². The van der Waals surface area contributed by atoms with Crippen LogP contribution in [-0.4, -0.2) is 28.9 Å². The fourth-order valence-corrected chi connectivity index (χ4v) is 2.11. The van der Waals surface area contributed by atoms with Gasteiger partial charge in [0.05, 0.1) is 4.92 Å². The molecular weight excluding hydrogens is 271 g/mol. The first-order valence-corrected chi connectivity index (χ1v) is 7.08. The zero-order valence-corrected chi connectivity index (χ0v) is 11.5. The summed E-state index contributed by atoms with van der Waals surface area (Å²) in [5, 5.41) is 13.4. The van der Waals surface area contributed by atoms with Crippen molar-refractivity contribution in [3.8, 4) is 0 Å². The van der Waals surface area contributed by atoms with Crippen molar-refractivity contribution in [3.63, 3.8) is 0 Å². The summed E-state index contributed by atoms with van der Waals surface area (Å²) < 4.78 is 13.1. The summed E-state index contributed by atoms with van der Waals surface area (Å²) in [4.78, 5) is 22.0. The maximum atomic E-state index is 13.1. The lowest BCUT2D eigenvalue weighted by atomic mass is 10.1. The zero-order chi connectivity index (χ0) is 14.4. The number of hydrogen-bond acceptors (Lipinski definition) is 4. The lowest BCUT2D eigenvalue weighted by molar-refractivity contribution is -0.385. The molecule has 1 amide bonds. The average molecular weight is 286 g/mol. The molecule has 0 spiro atoms. The summed E-state index contributed by atoms with van der Waals surface area (Å²) in [6.45, 7) is 1.80. The van der Waals surface area contributed by atoms with Gasteiger partial charge in [-0.3, -0.25) is 14.9 Å². The van der Waals surface area contributed by atoms with Crippen LogP contribution in [0.5, 0.6) is 0 Å². The number of benzene rings is 1. The van der Waals surface area contributed by atoms with Crippen LogP contribution in [0.15, 0.2) is 18.2 Å². The van der Waals surface area contributed by atoms with Crippen molar-refractivity contribution in [3.05, 3.63) is 39.7 Å². The summed E-state index contributed by atoms with van der Waals surface area (Å²) in [5.74, 6) is -0.431. The van der Waals surface area contributed by atoms with E-state index < -0.39 is 22.3 Å². The maximum absolute atomic E-state index is 13.1. The van der Waals surface area contributed by atoms with Crippen LogP contribution in [0.2, 0.25) is 0 Å². The van der Waals surface area contributed by atoms with Crippen molar-refractivity contribution in [1.82, 2.24) is 5.32 Å². The second kappa shape index (κ2) is 7.08. The van der Waals surface area contributed by atoms with Crippen molar-refractivity contribution < 1.29 is 14.1 Å². The summed E-state index contributed by atoms with van der Waals surface area (Å²) in [7, 11) is 0. The summed E-state index contributed by atoms with van der Waals surface area (Å²) in [5.41, 5.74) is -0.642. The van der Waals surface area contributed by atoms with Crippen molar-refractivity contribution in [2.45, 2.75) is 19.4 Å². The topological polar surface area (TPSA) is 72.2 Å². The highest BCUT2D eigenvalue weighted by Gasteiger charge is 2.21. The molecule has 7 heteroatoms. The van der Waals surface area contributed by atoms with Crippen LogP contribution in [0.3, 0.4) is 0 Å². The predicted molar refractivity (Wildman–Crippen MR) is 73.0 cm³/mol. The van der Waals surface area contributed by atoms with Gasteiger partial charge in [-0.2, -0.15) is 11.8 Å². The smallest absolute Gasteiger partial charge is 0.282 e. The Morgan fingerprint density at radius 3 is 2.84 bits per heavy atom. The molecule has 0 bridgehead atoms. The number of nitrogens with one attached hydrogen (secondary N) is 1. The number of rotatable bonds is 6. The van der Waals surface area contributed by atoms with Gasteiger partial charge in [-0.25, -0.2) is 4.39 Å². The van der Waals surface area contributed by atoms with Crippen molar-refractivity contribution in [1.29, 1.82) is 0 Å². The van der Waals surface area contributed by atoms with E-state index in [0.29, 0.717) is 0 Å². The fourth-order valence-electron chi connectivity index (χ4n) is 1.52. The van der Waals surface area contributed by atoms with Gasteiger partial charge in [0.15, 0.2) is 0 Å². The molecule has 1 atom stereocenters. The van der Waals surface area contributed by atoms with Crippen molar-refractivity contribution in [2.75, 3.05) is 12.0 Å². The van der Waals surface area contributed by atoms with Gasteiger partial charge in [-0.1, -0.05) is 0 Å². The number of hydrogen-bond donors (Lipinski definition) is 1. The van der Waals surface area contributed by atoms with Gasteiger partial charge in [0.2, 0.25) is 0 Å². The van der Waals surface area contributed by atoms with Crippen LogP contribution in [0.4, 0.5) is 10.1 Å². The Bertz CT molecular complexity index is 482. The Morgan fingerprint density at radius 2 is 2.26 bits per heavy atom. The molecule has 0 aliphatic carbocycles. The lowest BCUT2D eigenvalue weighted by Gasteiger charge is -2.13. The number of thioether (sulfide) groups is 1. The van der Waals surface area contributed by atoms with Crippen LogP contribution >= 0.6 is 11.8 Å². The molecule has 0 radical (unpaired) electrons. The van der Waals surface area contributed by atoms with E-state index in [1.54, 1.807) is 18.7 Å². The molecule has 0 saturated carbocycles. The first-order chi connectivity index (χ1) is 8.95. The van der Waals surface area contributed by atoms with E-state index in [0.717, 1.165) is 30.4 Å². The Labute approximate surface area is 114 Å².